The molecular formula is C25H25ClFN5O2. The van der Waals surface area contributed by atoms with Crippen LogP contribution in [0.4, 0.5) is 4.39 Å². The van der Waals surface area contributed by atoms with Crippen molar-refractivity contribution < 1.29 is 13.9 Å². The highest BCUT2D eigenvalue weighted by molar-refractivity contribution is 6.31. The number of ether oxygens (including phenoxy) is 2. The molecule has 3 heterocycles. The third kappa shape index (κ3) is 5.08. The number of rotatable bonds is 9. The van der Waals surface area contributed by atoms with Crippen molar-refractivity contribution >= 4 is 11.6 Å². The zero-order valence-corrected chi connectivity index (χ0v) is 19.3. The van der Waals surface area contributed by atoms with Crippen LogP contribution in [-0.4, -0.2) is 44.4 Å². The second kappa shape index (κ2) is 10.3. The van der Waals surface area contributed by atoms with Crippen molar-refractivity contribution in [2.24, 2.45) is 0 Å². The molecule has 1 aliphatic rings. The molecule has 0 amide bonds. The molecule has 0 saturated heterocycles. The van der Waals surface area contributed by atoms with Gasteiger partial charge in [0.15, 0.2) is 11.5 Å². The smallest absolute Gasteiger partial charge is 0.162 e. The van der Waals surface area contributed by atoms with Crippen molar-refractivity contribution in [1.29, 1.82) is 0 Å². The van der Waals surface area contributed by atoms with Crippen molar-refractivity contribution in [2.75, 3.05) is 19.8 Å². The Morgan fingerprint density at radius 3 is 2.82 bits per heavy atom. The first-order chi connectivity index (χ1) is 16.7. The van der Waals surface area contributed by atoms with Gasteiger partial charge in [-0.1, -0.05) is 17.7 Å². The molecular weight excluding hydrogens is 457 g/mol. The van der Waals surface area contributed by atoms with Gasteiger partial charge in [0.2, 0.25) is 0 Å². The van der Waals surface area contributed by atoms with Gasteiger partial charge in [-0.05, 0) is 36.8 Å². The summed E-state index contributed by atoms with van der Waals surface area (Å²) in [5, 5.41) is 7.83. The SMILES string of the molecule is Fc1cccc(Cl)c1CN(CCCn1ccnc1)Cc1cn[nH]c1-c1ccc2c(c1)OCCO2. The summed E-state index contributed by atoms with van der Waals surface area (Å²) in [4.78, 5) is 6.29. The Kier molecular flexibility index (Phi) is 6.78. The molecule has 0 spiro atoms. The number of aromatic amines is 1. The highest BCUT2D eigenvalue weighted by Gasteiger charge is 2.18. The molecule has 1 N–H and O–H groups in total. The lowest BCUT2D eigenvalue weighted by Gasteiger charge is -2.24. The first kappa shape index (κ1) is 22.4. The minimum atomic E-state index is -0.300. The second-order valence-corrected chi connectivity index (χ2v) is 8.60. The number of imidazole rings is 1. The lowest BCUT2D eigenvalue weighted by atomic mass is 10.1. The van der Waals surface area contributed by atoms with E-state index in [1.54, 1.807) is 24.7 Å². The van der Waals surface area contributed by atoms with E-state index in [1.165, 1.54) is 6.07 Å². The van der Waals surface area contributed by atoms with Crippen LogP contribution in [0.5, 0.6) is 11.5 Å². The number of hydrogen-bond acceptors (Lipinski definition) is 5. The fraction of sp³-hybridized carbons (Fsp3) is 0.280. The molecule has 0 bridgehead atoms. The minimum absolute atomic E-state index is 0.300. The predicted octanol–water partition coefficient (Wildman–Crippen LogP) is 4.93. The first-order valence-electron chi connectivity index (χ1n) is 11.2. The fourth-order valence-electron chi connectivity index (χ4n) is 4.14. The van der Waals surface area contributed by atoms with E-state index in [1.807, 2.05) is 35.2 Å². The highest BCUT2D eigenvalue weighted by Crippen LogP contribution is 2.35. The predicted molar refractivity (Wildman–Crippen MR) is 127 cm³/mol. The number of aromatic nitrogens is 4. The maximum absolute atomic E-state index is 14.6. The molecule has 9 heteroatoms. The van der Waals surface area contributed by atoms with Crippen LogP contribution in [0.2, 0.25) is 5.02 Å². The summed E-state index contributed by atoms with van der Waals surface area (Å²) in [5.41, 5.74) is 3.36. The van der Waals surface area contributed by atoms with Gasteiger partial charge in [-0.15, -0.1) is 0 Å². The number of hydrogen-bond donors (Lipinski definition) is 1. The Morgan fingerprint density at radius 2 is 2.00 bits per heavy atom. The lowest BCUT2D eigenvalue weighted by molar-refractivity contribution is 0.171. The van der Waals surface area contributed by atoms with Gasteiger partial charge in [0, 0.05) is 60.3 Å². The van der Waals surface area contributed by atoms with Gasteiger partial charge in [-0.3, -0.25) is 10.00 Å². The van der Waals surface area contributed by atoms with Crippen LogP contribution in [0.25, 0.3) is 11.3 Å². The lowest BCUT2D eigenvalue weighted by Crippen LogP contribution is -2.25. The van der Waals surface area contributed by atoms with Crippen molar-refractivity contribution in [3.63, 3.8) is 0 Å². The fourth-order valence-corrected chi connectivity index (χ4v) is 4.36. The molecule has 0 fully saturated rings. The monoisotopic (exact) mass is 481 g/mol. The maximum Gasteiger partial charge on any atom is 0.162 e. The Labute approximate surface area is 202 Å². The molecule has 1 aliphatic heterocycles. The van der Waals surface area contributed by atoms with E-state index in [2.05, 4.69) is 20.1 Å². The molecule has 2 aromatic heterocycles. The van der Waals surface area contributed by atoms with Gasteiger partial charge in [-0.2, -0.15) is 5.10 Å². The topological polar surface area (TPSA) is 68.2 Å². The number of aryl methyl sites for hydroxylation is 1. The van der Waals surface area contributed by atoms with E-state index in [9.17, 15) is 4.39 Å². The zero-order valence-electron chi connectivity index (χ0n) is 18.6. The number of nitrogens with zero attached hydrogens (tertiary/aromatic N) is 4. The van der Waals surface area contributed by atoms with E-state index in [0.29, 0.717) is 36.9 Å². The molecule has 0 aliphatic carbocycles. The van der Waals surface area contributed by atoms with E-state index < -0.39 is 0 Å². The number of nitrogens with one attached hydrogen (secondary N) is 1. The van der Waals surface area contributed by atoms with Crippen molar-refractivity contribution in [2.45, 2.75) is 26.1 Å². The van der Waals surface area contributed by atoms with Crippen LogP contribution in [0.15, 0.2) is 61.3 Å². The van der Waals surface area contributed by atoms with Crippen molar-refractivity contribution in [3.05, 3.63) is 83.3 Å². The largest absolute Gasteiger partial charge is 0.486 e. The summed E-state index contributed by atoms with van der Waals surface area (Å²) in [6, 6.07) is 10.7. The van der Waals surface area contributed by atoms with Crippen LogP contribution < -0.4 is 9.47 Å². The van der Waals surface area contributed by atoms with Crippen molar-refractivity contribution in [3.8, 4) is 22.8 Å². The number of benzene rings is 2. The van der Waals surface area contributed by atoms with Gasteiger partial charge in [0.05, 0.1) is 18.2 Å². The van der Waals surface area contributed by atoms with Gasteiger partial charge >= 0.3 is 0 Å². The summed E-state index contributed by atoms with van der Waals surface area (Å²) < 4.78 is 28.0. The molecule has 0 radical (unpaired) electrons. The number of halogens is 2. The Hall–Kier alpha value is -3.36. The Morgan fingerprint density at radius 1 is 1.12 bits per heavy atom. The van der Waals surface area contributed by atoms with E-state index >= 15 is 0 Å². The number of fused-ring (bicyclic) bond motifs is 1. The van der Waals surface area contributed by atoms with Gasteiger partial charge in [0.25, 0.3) is 0 Å². The number of H-pyrrole nitrogens is 1. The molecule has 0 saturated carbocycles. The maximum atomic E-state index is 14.6. The normalized spacial score (nSPS) is 12.9. The molecule has 0 atom stereocenters. The van der Waals surface area contributed by atoms with E-state index in [0.717, 1.165) is 47.8 Å². The molecule has 0 unspecified atom stereocenters. The molecule has 5 rings (SSSR count). The summed E-state index contributed by atoms with van der Waals surface area (Å²) in [5.74, 6) is 1.16. The highest BCUT2D eigenvalue weighted by atomic mass is 35.5. The molecule has 4 aromatic rings. The van der Waals surface area contributed by atoms with Crippen LogP contribution in [0.3, 0.4) is 0 Å². The molecule has 7 nitrogen and oxygen atoms in total. The second-order valence-electron chi connectivity index (χ2n) is 8.19. The van der Waals surface area contributed by atoms with Crippen molar-refractivity contribution in [1.82, 2.24) is 24.6 Å². The van der Waals surface area contributed by atoms with Gasteiger partial charge in [0.1, 0.15) is 19.0 Å². The third-order valence-electron chi connectivity index (χ3n) is 5.84. The molecule has 2 aromatic carbocycles. The first-order valence-corrected chi connectivity index (χ1v) is 11.6. The molecule has 34 heavy (non-hydrogen) atoms. The minimum Gasteiger partial charge on any atom is -0.486 e. The third-order valence-corrected chi connectivity index (χ3v) is 6.19. The summed E-state index contributed by atoms with van der Waals surface area (Å²) in [6.45, 7) is 3.61. The Balaban J connectivity index is 1.37. The average molecular weight is 482 g/mol. The Bertz CT molecular complexity index is 1220. The summed E-state index contributed by atoms with van der Waals surface area (Å²) in [7, 11) is 0. The van der Waals surface area contributed by atoms with Crippen LogP contribution >= 0.6 is 11.6 Å². The van der Waals surface area contributed by atoms with E-state index in [-0.39, 0.29) is 5.82 Å². The van der Waals surface area contributed by atoms with Gasteiger partial charge in [-0.25, -0.2) is 9.37 Å². The van der Waals surface area contributed by atoms with Crippen LogP contribution in [0.1, 0.15) is 17.5 Å². The quantitative estimate of drug-likeness (QED) is 0.367. The summed E-state index contributed by atoms with van der Waals surface area (Å²) in [6.07, 6.45) is 8.20. The average Bonchev–Trinajstić information content (AvgIpc) is 3.53. The van der Waals surface area contributed by atoms with Crippen LogP contribution in [0, 0.1) is 5.82 Å². The summed E-state index contributed by atoms with van der Waals surface area (Å²) >= 11 is 6.34. The zero-order chi connectivity index (χ0) is 23.3. The van der Waals surface area contributed by atoms with Crippen LogP contribution in [-0.2, 0) is 19.6 Å². The standard InChI is InChI=1S/C25H25ClFN5O2/c26-21-3-1-4-22(27)20(21)16-32(9-2-8-31-10-7-28-17-31)15-19-14-29-30-25(19)18-5-6-23-24(13-18)34-12-11-33-23/h1,3-7,10,13-14,17H,2,8-9,11-12,15-16H2,(H,29,30). The van der Waals surface area contributed by atoms with Gasteiger partial charge < -0.3 is 14.0 Å². The molecule has 176 valence electrons. The van der Waals surface area contributed by atoms with E-state index in [4.69, 9.17) is 21.1 Å².